The summed E-state index contributed by atoms with van der Waals surface area (Å²) in [4.78, 5) is 57.7. The number of nitrogens with one attached hydrogen (secondary N) is 2. The Kier molecular flexibility index (Phi) is 7.59. The maximum atomic E-state index is 12.9. The van der Waals surface area contributed by atoms with E-state index in [1.807, 2.05) is 6.92 Å². The van der Waals surface area contributed by atoms with Crippen LogP contribution >= 0.6 is 23.1 Å². The molecule has 31 heavy (non-hydrogen) atoms. The van der Waals surface area contributed by atoms with Crippen LogP contribution in [0.1, 0.15) is 12.6 Å². The summed E-state index contributed by atoms with van der Waals surface area (Å²) in [5.41, 5.74) is -0.140. The number of oxime groups is 1. The van der Waals surface area contributed by atoms with Crippen LogP contribution in [-0.4, -0.2) is 81.9 Å². The molecule has 0 spiro atoms. The molecule has 1 aromatic heterocycles. The van der Waals surface area contributed by atoms with Crippen LogP contribution in [0.25, 0.3) is 0 Å². The second-order valence-corrected chi connectivity index (χ2v) is 8.06. The molecular formula is C17H19N5O7S2. The van der Waals surface area contributed by atoms with Gasteiger partial charge in [-0.25, -0.2) is 9.78 Å². The van der Waals surface area contributed by atoms with Gasteiger partial charge in [-0.15, -0.1) is 23.1 Å². The van der Waals surface area contributed by atoms with Crippen molar-refractivity contribution in [1.82, 2.24) is 15.2 Å². The number of β-lactam (4-membered cyclic amide) rings is 1. The molecule has 0 saturated carbocycles. The third kappa shape index (κ3) is 5.03. The molecule has 0 radical (unpaired) electrons. The molecule has 2 aliphatic rings. The molecule has 3 heterocycles. The molecule has 2 aliphatic heterocycles. The molecular weight excluding hydrogens is 450 g/mol. The van der Waals surface area contributed by atoms with Crippen molar-refractivity contribution < 1.29 is 33.9 Å². The summed E-state index contributed by atoms with van der Waals surface area (Å²) in [5, 5.41) is 19.3. The molecule has 2 atom stereocenters. The van der Waals surface area contributed by atoms with Gasteiger partial charge in [-0.3, -0.25) is 19.3 Å². The van der Waals surface area contributed by atoms with Gasteiger partial charge in [0.2, 0.25) is 6.41 Å². The highest BCUT2D eigenvalue weighted by atomic mass is 32.2. The average molecular weight is 470 g/mol. The number of thiazole rings is 1. The van der Waals surface area contributed by atoms with E-state index >= 15 is 0 Å². The van der Waals surface area contributed by atoms with Crippen LogP contribution in [0.15, 0.2) is 22.3 Å². The number of thioether (sulfide) groups is 1. The van der Waals surface area contributed by atoms with Crippen LogP contribution in [0, 0.1) is 0 Å². The number of aromatic nitrogens is 1. The minimum absolute atomic E-state index is 0.0928. The number of carbonyl (C=O) groups excluding carboxylic acids is 3. The highest BCUT2D eigenvalue weighted by Crippen LogP contribution is 2.37. The Bertz CT molecular complexity index is 932. The van der Waals surface area contributed by atoms with Crippen LogP contribution in [-0.2, 0) is 28.8 Å². The first-order valence-electron chi connectivity index (χ1n) is 9.10. The van der Waals surface area contributed by atoms with Crippen LogP contribution in [0.5, 0.6) is 0 Å². The van der Waals surface area contributed by atoms with Crippen molar-refractivity contribution in [3.63, 3.8) is 0 Å². The number of anilines is 1. The number of fused-ring (bicyclic) bond motifs is 1. The predicted molar refractivity (Wildman–Crippen MR) is 112 cm³/mol. The van der Waals surface area contributed by atoms with Gasteiger partial charge in [0.15, 0.2) is 10.8 Å². The fourth-order valence-electron chi connectivity index (χ4n) is 2.80. The lowest BCUT2D eigenvalue weighted by atomic mass is 10.0. The fourth-order valence-corrected chi connectivity index (χ4v) is 4.65. The summed E-state index contributed by atoms with van der Waals surface area (Å²) in [6, 6.07) is -0.916. The predicted octanol–water partition coefficient (Wildman–Crippen LogP) is -0.163. The van der Waals surface area contributed by atoms with E-state index in [2.05, 4.69) is 20.8 Å². The van der Waals surface area contributed by atoms with E-state index in [-0.39, 0.29) is 35.4 Å². The Labute approximate surface area is 184 Å². The topological polar surface area (TPSA) is 160 Å². The van der Waals surface area contributed by atoms with Crippen molar-refractivity contribution in [2.24, 2.45) is 5.16 Å². The molecule has 12 nitrogen and oxygen atoms in total. The molecule has 1 saturated heterocycles. The van der Waals surface area contributed by atoms with Crippen LogP contribution in [0.2, 0.25) is 0 Å². The number of carbonyl (C=O) groups is 4. The zero-order valence-electron chi connectivity index (χ0n) is 16.3. The summed E-state index contributed by atoms with van der Waals surface area (Å²) in [5.74, 6) is -2.05. The smallest absolute Gasteiger partial charge is 0.352 e. The van der Waals surface area contributed by atoms with Gasteiger partial charge in [0, 0.05) is 17.7 Å². The molecule has 0 aliphatic carbocycles. The fraction of sp³-hybridized carbons (Fsp3) is 0.412. The van der Waals surface area contributed by atoms with E-state index in [0.29, 0.717) is 18.8 Å². The molecule has 1 aromatic rings. The summed E-state index contributed by atoms with van der Waals surface area (Å²) in [6.45, 7) is 2.68. The van der Waals surface area contributed by atoms with Crippen molar-refractivity contribution >= 4 is 58.1 Å². The maximum Gasteiger partial charge on any atom is 0.352 e. The SMILES string of the molecule is CCOCCON=C(C(=O)NC1C(=O)N2C(C(=O)O)=CCS[C@H]12)c1csc(NC=O)n1. The lowest BCUT2D eigenvalue weighted by molar-refractivity contribution is -0.150. The van der Waals surface area contributed by atoms with E-state index in [0.717, 1.165) is 16.2 Å². The summed E-state index contributed by atoms with van der Waals surface area (Å²) < 4.78 is 5.15. The number of amides is 3. The number of carboxylic acids is 1. The van der Waals surface area contributed by atoms with E-state index < -0.39 is 29.2 Å². The molecule has 0 aromatic carbocycles. The van der Waals surface area contributed by atoms with Gasteiger partial charge < -0.3 is 25.3 Å². The van der Waals surface area contributed by atoms with E-state index in [1.54, 1.807) is 0 Å². The average Bonchev–Trinajstić information content (AvgIpc) is 3.22. The Morgan fingerprint density at radius 1 is 1.45 bits per heavy atom. The lowest BCUT2D eigenvalue weighted by Crippen LogP contribution is -2.70. The number of carboxylic acid groups (broad SMARTS) is 1. The first-order chi connectivity index (χ1) is 15.0. The number of aliphatic carboxylic acids is 1. The molecule has 14 heteroatoms. The van der Waals surface area contributed by atoms with Gasteiger partial charge in [-0.2, -0.15) is 0 Å². The number of hydrogen-bond donors (Lipinski definition) is 3. The van der Waals surface area contributed by atoms with Crippen LogP contribution in [0.3, 0.4) is 0 Å². The third-order valence-corrected chi connectivity index (χ3v) is 6.13. The van der Waals surface area contributed by atoms with Gasteiger partial charge in [-0.1, -0.05) is 5.16 Å². The zero-order valence-corrected chi connectivity index (χ0v) is 17.9. The Balaban J connectivity index is 1.73. The minimum atomic E-state index is -1.20. The Morgan fingerprint density at radius 2 is 2.26 bits per heavy atom. The van der Waals surface area contributed by atoms with E-state index in [4.69, 9.17) is 9.57 Å². The van der Waals surface area contributed by atoms with Gasteiger partial charge in [0.1, 0.15) is 29.4 Å². The summed E-state index contributed by atoms with van der Waals surface area (Å²) in [7, 11) is 0. The second-order valence-electron chi connectivity index (χ2n) is 6.05. The molecule has 3 amide bonds. The van der Waals surface area contributed by atoms with Crippen molar-refractivity contribution in [2.75, 3.05) is 30.9 Å². The summed E-state index contributed by atoms with van der Waals surface area (Å²) >= 11 is 2.42. The highest BCUT2D eigenvalue weighted by Gasteiger charge is 2.53. The van der Waals surface area contributed by atoms with Gasteiger partial charge in [-0.05, 0) is 13.0 Å². The molecule has 1 fully saturated rings. The Morgan fingerprint density at radius 3 is 2.97 bits per heavy atom. The van der Waals surface area contributed by atoms with Crippen molar-refractivity contribution in [3.05, 3.63) is 22.8 Å². The second kappa shape index (κ2) is 10.4. The monoisotopic (exact) mass is 469 g/mol. The van der Waals surface area contributed by atoms with Crippen molar-refractivity contribution in [3.8, 4) is 0 Å². The van der Waals surface area contributed by atoms with Gasteiger partial charge >= 0.3 is 5.97 Å². The van der Waals surface area contributed by atoms with Crippen LogP contribution in [0.4, 0.5) is 5.13 Å². The first kappa shape index (κ1) is 22.7. The molecule has 0 bridgehead atoms. The normalized spacial score (nSPS) is 20.3. The largest absolute Gasteiger partial charge is 0.477 e. The van der Waals surface area contributed by atoms with E-state index in [9.17, 15) is 24.3 Å². The Hall–Kier alpha value is -2.97. The van der Waals surface area contributed by atoms with Crippen LogP contribution < -0.4 is 10.6 Å². The number of nitrogens with zero attached hydrogens (tertiary/aromatic N) is 3. The molecule has 1 unspecified atom stereocenters. The minimum Gasteiger partial charge on any atom is -0.477 e. The quantitative estimate of drug-likeness (QED) is 0.131. The molecule has 166 valence electrons. The lowest BCUT2D eigenvalue weighted by Gasteiger charge is -2.48. The van der Waals surface area contributed by atoms with Gasteiger partial charge in [0.25, 0.3) is 11.8 Å². The highest BCUT2D eigenvalue weighted by molar-refractivity contribution is 8.00. The number of hydrogen-bond acceptors (Lipinski definition) is 10. The summed E-state index contributed by atoms with van der Waals surface area (Å²) in [6.07, 6.45) is 1.91. The van der Waals surface area contributed by atoms with Crippen molar-refractivity contribution in [2.45, 2.75) is 18.3 Å². The third-order valence-electron chi connectivity index (χ3n) is 4.18. The molecule has 3 rings (SSSR count). The standard InChI is InChI=1S/C17H19N5O7S2/c1-2-28-4-5-29-21-11(9-7-31-17(19-9)18-8-23)13(24)20-12-14(25)22-10(16(26)27)3-6-30-15(12)22/h3,7-8,12,15H,2,4-6H2,1H3,(H,20,24)(H,26,27)(H,18,19,23)/t12?,15-/m1/s1. The number of ether oxygens (including phenoxy) is 1. The zero-order chi connectivity index (χ0) is 22.4. The first-order valence-corrected chi connectivity index (χ1v) is 11.0. The van der Waals surface area contributed by atoms with E-state index in [1.165, 1.54) is 23.2 Å². The number of rotatable bonds is 11. The van der Waals surface area contributed by atoms with Gasteiger partial charge in [0.05, 0.1) is 6.61 Å². The maximum absolute atomic E-state index is 12.9. The molecule has 3 N–H and O–H groups in total. The van der Waals surface area contributed by atoms with Crippen molar-refractivity contribution in [1.29, 1.82) is 0 Å².